The molecule has 0 fully saturated rings. The number of benzene rings is 1. The van der Waals surface area contributed by atoms with Crippen LogP contribution in [-0.2, 0) is 19.1 Å². The highest BCUT2D eigenvalue weighted by Crippen LogP contribution is 2.43. The zero-order valence-electron chi connectivity index (χ0n) is 16.4. The van der Waals surface area contributed by atoms with Crippen LogP contribution in [0.15, 0.2) is 40.5 Å². The van der Waals surface area contributed by atoms with Gasteiger partial charge >= 0.3 is 11.9 Å². The maximum Gasteiger partial charge on any atom is 0.336 e. The van der Waals surface area contributed by atoms with E-state index < -0.39 is 23.8 Å². The maximum atomic E-state index is 12.8. The Morgan fingerprint density at radius 2 is 1.78 bits per heavy atom. The summed E-state index contributed by atoms with van der Waals surface area (Å²) in [6.07, 6.45) is 0. The topological polar surface area (TPSA) is 65.0 Å². The van der Waals surface area contributed by atoms with Crippen LogP contribution in [0.4, 0.5) is 0 Å². The standard InChI is InChI=1S/C21H26ClNO4/c1-6-26-20(24)18-13(4)23-14(5)19(21(25)27-7-2)17(18)12(3)15-10-8-9-11-16(15)22/h8-12,17-18H,6-7H2,1-5H3. The Morgan fingerprint density at radius 1 is 1.15 bits per heavy atom. The number of carbonyl (C=O) groups excluding carboxylic acids is 2. The molecule has 1 aliphatic rings. The third-order valence-corrected chi connectivity index (χ3v) is 5.19. The number of carbonyl (C=O) groups is 2. The zero-order valence-corrected chi connectivity index (χ0v) is 17.2. The summed E-state index contributed by atoms with van der Waals surface area (Å²) in [5.41, 5.74) is 2.47. The molecule has 146 valence electrons. The first-order valence-corrected chi connectivity index (χ1v) is 9.55. The molecule has 0 spiro atoms. The van der Waals surface area contributed by atoms with E-state index >= 15 is 0 Å². The van der Waals surface area contributed by atoms with Crippen molar-refractivity contribution >= 4 is 29.3 Å². The fraction of sp³-hybridized carbons (Fsp3) is 0.476. The van der Waals surface area contributed by atoms with Crippen molar-refractivity contribution in [3.8, 4) is 0 Å². The van der Waals surface area contributed by atoms with E-state index in [-0.39, 0.29) is 19.1 Å². The van der Waals surface area contributed by atoms with E-state index in [9.17, 15) is 9.59 Å². The number of allylic oxidation sites excluding steroid dienone is 1. The highest BCUT2D eigenvalue weighted by atomic mass is 35.5. The summed E-state index contributed by atoms with van der Waals surface area (Å²) in [6, 6.07) is 7.45. The summed E-state index contributed by atoms with van der Waals surface area (Å²) in [5.74, 6) is -2.20. The highest BCUT2D eigenvalue weighted by molar-refractivity contribution is 6.31. The van der Waals surface area contributed by atoms with Crippen LogP contribution in [0.2, 0.25) is 5.02 Å². The van der Waals surface area contributed by atoms with Gasteiger partial charge in [-0.1, -0.05) is 36.7 Å². The summed E-state index contributed by atoms with van der Waals surface area (Å²) in [4.78, 5) is 30.0. The van der Waals surface area contributed by atoms with E-state index in [0.717, 1.165) is 5.56 Å². The van der Waals surface area contributed by atoms with Gasteiger partial charge in [-0.25, -0.2) is 4.79 Å². The number of ether oxygens (including phenoxy) is 2. The highest BCUT2D eigenvalue weighted by Gasteiger charge is 2.44. The molecule has 0 aliphatic carbocycles. The van der Waals surface area contributed by atoms with Crippen molar-refractivity contribution < 1.29 is 19.1 Å². The molecular weight excluding hydrogens is 366 g/mol. The first-order valence-electron chi connectivity index (χ1n) is 9.17. The molecule has 1 aromatic carbocycles. The fourth-order valence-corrected chi connectivity index (χ4v) is 3.99. The molecule has 0 saturated carbocycles. The molecule has 3 atom stereocenters. The molecule has 5 nitrogen and oxygen atoms in total. The molecule has 1 aliphatic heterocycles. The number of halogens is 1. The summed E-state index contributed by atoms with van der Waals surface area (Å²) in [5, 5.41) is 0.591. The molecule has 1 heterocycles. The number of aliphatic imine (C=N–C) groups is 1. The van der Waals surface area contributed by atoms with Gasteiger partial charge in [0.15, 0.2) is 0 Å². The van der Waals surface area contributed by atoms with Gasteiger partial charge in [0.05, 0.1) is 18.8 Å². The summed E-state index contributed by atoms with van der Waals surface area (Å²) in [6.45, 7) is 9.53. The van der Waals surface area contributed by atoms with Crippen molar-refractivity contribution in [2.24, 2.45) is 16.8 Å². The predicted octanol–water partition coefficient (Wildman–Crippen LogP) is 4.55. The van der Waals surface area contributed by atoms with Gasteiger partial charge < -0.3 is 9.47 Å². The van der Waals surface area contributed by atoms with Crippen molar-refractivity contribution in [2.45, 2.75) is 40.5 Å². The SMILES string of the molecule is CCOC(=O)C1=C(C)N=C(C)C(C(=O)OCC)C1C(C)c1ccccc1Cl. The summed E-state index contributed by atoms with van der Waals surface area (Å²) < 4.78 is 10.6. The van der Waals surface area contributed by atoms with Crippen LogP contribution in [0.25, 0.3) is 0 Å². The van der Waals surface area contributed by atoms with Crippen molar-refractivity contribution in [1.82, 2.24) is 0 Å². The molecule has 0 amide bonds. The van der Waals surface area contributed by atoms with Gasteiger partial charge in [-0.2, -0.15) is 0 Å². The second-order valence-electron chi connectivity index (χ2n) is 6.54. The van der Waals surface area contributed by atoms with Gasteiger partial charge in [0.25, 0.3) is 0 Å². The van der Waals surface area contributed by atoms with Crippen LogP contribution in [0, 0.1) is 11.8 Å². The second kappa shape index (κ2) is 9.18. The van der Waals surface area contributed by atoms with Gasteiger partial charge in [0.1, 0.15) is 5.92 Å². The third kappa shape index (κ3) is 4.41. The largest absolute Gasteiger partial charge is 0.465 e. The lowest BCUT2D eigenvalue weighted by atomic mass is 9.71. The number of rotatable bonds is 6. The average molecular weight is 392 g/mol. The summed E-state index contributed by atoms with van der Waals surface area (Å²) in [7, 11) is 0. The molecule has 1 aromatic rings. The Balaban J connectivity index is 2.61. The summed E-state index contributed by atoms with van der Waals surface area (Å²) >= 11 is 6.41. The van der Waals surface area contributed by atoms with Gasteiger partial charge in [-0.15, -0.1) is 0 Å². The van der Waals surface area contributed by atoms with Crippen LogP contribution in [0.3, 0.4) is 0 Å². The minimum Gasteiger partial charge on any atom is -0.465 e. The molecule has 0 bridgehead atoms. The zero-order chi connectivity index (χ0) is 20.1. The molecule has 6 heteroatoms. The molecule has 0 aromatic heterocycles. The maximum absolute atomic E-state index is 12.8. The number of hydrogen-bond donors (Lipinski definition) is 0. The van der Waals surface area contributed by atoms with Crippen molar-refractivity contribution in [2.75, 3.05) is 13.2 Å². The van der Waals surface area contributed by atoms with Crippen LogP contribution in [0.1, 0.15) is 46.1 Å². The first kappa shape index (κ1) is 21.2. The number of nitrogens with zero attached hydrogens (tertiary/aromatic N) is 1. The first-order chi connectivity index (χ1) is 12.8. The molecule has 0 saturated heterocycles. The number of hydrogen-bond acceptors (Lipinski definition) is 5. The Bertz CT molecular complexity index is 784. The molecule has 2 rings (SSSR count). The van der Waals surface area contributed by atoms with Gasteiger partial charge in [0, 0.05) is 22.3 Å². The van der Waals surface area contributed by atoms with E-state index in [1.807, 2.05) is 25.1 Å². The minimum absolute atomic E-state index is 0.215. The van der Waals surface area contributed by atoms with E-state index in [2.05, 4.69) is 4.99 Å². The average Bonchev–Trinajstić information content (AvgIpc) is 2.61. The molecule has 0 N–H and O–H groups in total. The number of esters is 2. The Labute approximate surface area is 165 Å². The quantitative estimate of drug-likeness (QED) is 0.667. The van der Waals surface area contributed by atoms with E-state index in [1.165, 1.54) is 0 Å². The lowest BCUT2D eigenvalue weighted by Crippen LogP contribution is -2.40. The van der Waals surface area contributed by atoms with Crippen molar-refractivity contribution in [3.05, 3.63) is 46.1 Å². The van der Waals surface area contributed by atoms with E-state index in [1.54, 1.807) is 33.8 Å². The predicted molar refractivity (Wildman–Crippen MR) is 106 cm³/mol. The van der Waals surface area contributed by atoms with E-state index in [4.69, 9.17) is 21.1 Å². The van der Waals surface area contributed by atoms with Gasteiger partial charge in [-0.05, 0) is 45.2 Å². The second-order valence-corrected chi connectivity index (χ2v) is 6.95. The van der Waals surface area contributed by atoms with Crippen LogP contribution >= 0.6 is 11.6 Å². The molecular formula is C21H26ClNO4. The van der Waals surface area contributed by atoms with E-state index in [0.29, 0.717) is 22.0 Å². The lowest BCUT2D eigenvalue weighted by molar-refractivity contribution is -0.147. The lowest BCUT2D eigenvalue weighted by Gasteiger charge is -2.35. The molecule has 3 unspecified atom stereocenters. The Kier molecular flexibility index (Phi) is 7.19. The fourth-order valence-electron chi connectivity index (χ4n) is 3.68. The molecule has 27 heavy (non-hydrogen) atoms. The third-order valence-electron chi connectivity index (χ3n) is 4.85. The van der Waals surface area contributed by atoms with Crippen LogP contribution in [-0.4, -0.2) is 30.9 Å². The smallest absolute Gasteiger partial charge is 0.336 e. The monoisotopic (exact) mass is 391 g/mol. The Morgan fingerprint density at radius 3 is 2.37 bits per heavy atom. The van der Waals surface area contributed by atoms with Crippen molar-refractivity contribution in [1.29, 1.82) is 0 Å². The van der Waals surface area contributed by atoms with Crippen molar-refractivity contribution in [3.63, 3.8) is 0 Å². The van der Waals surface area contributed by atoms with Crippen LogP contribution < -0.4 is 0 Å². The van der Waals surface area contributed by atoms with Gasteiger partial charge in [-0.3, -0.25) is 9.79 Å². The van der Waals surface area contributed by atoms with Crippen LogP contribution in [0.5, 0.6) is 0 Å². The minimum atomic E-state index is -0.667. The van der Waals surface area contributed by atoms with Gasteiger partial charge in [0.2, 0.25) is 0 Å². The normalized spacial score (nSPS) is 20.7. The Hall–Kier alpha value is -2.14. The molecule has 0 radical (unpaired) electrons.